The number of nitrogens with zero attached hydrogens (tertiary/aromatic N) is 1. The minimum atomic E-state index is -0.0692. The summed E-state index contributed by atoms with van der Waals surface area (Å²) < 4.78 is 10.8. The molecule has 0 aliphatic rings. The van der Waals surface area contributed by atoms with E-state index in [4.69, 9.17) is 15.2 Å². The monoisotopic (exact) mass is 224 g/mol. The first-order valence-electron chi connectivity index (χ1n) is 5.66. The standard InChI is InChI=1S/C12H20N2O2/c1-3-7-15-8-9-16-12-11(10(2)13)5-4-6-14-12/h4-6,10H,3,7-9,13H2,1-2H3/t10-/m1/s1. The second-order valence-corrected chi connectivity index (χ2v) is 3.65. The van der Waals surface area contributed by atoms with Crippen molar-refractivity contribution in [3.05, 3.63) is 23.9 Å². The van der Waals surface area contributed by atoms with Crippen LogP contribution >= 0.6 is 0 Å². The summed E-state index contributed by atoms with van der Waals surface area (Å²) in [5, 5.41) is 0. The molecular formula is C12H20N2O2. The first-order valence-corrected chi connectivity index (χ1v) is 5.66. The lowest BCUT2D eigenvalue weighted by Crippen LogP contribution is -2.12. The van der Waals surface area contributed by atoms with Crippen molar-refractivity contribution in [2.45, 2.75) is 26.3 Å². The molecule has 0 radical (unpaired) electrons. The highest BCUT2D eigenvalue weighted by molar-refractivity contribution is 5.27. The molecule has 0 aliphatic carbocycles. The van der Waals surface area contributed by atoms with Gasteiger partial charge >= 0.3 is 0 Å². The zero-order valence-electron chi connectivity index (χ0n) is 9.98. The van der Waals surface area contributed by atoms with E-state index in [0.29, 0.717) is 19.1 Å². The molecule has 0 saturated heterocycles. The van der Waals surface area contributed by atoms with Crippen LogP contribution in [0.4, 0.5) is 0 Å². The van der Waals surface area contributed by atoms with Gasteiger partial charge in [-0.25, -0.2) is 4.98 Å². The Morgan fingerprint density at radius 2 is 2.19 bits per heavy atom. The van der Waals surface area contributed by atoms with Crippen LogP contribution in [0.3, 0.4) is 0 Å². The maximum atomic E-state index is 5.82. The third kappa shape index (κ3) is 4.16. The fourth-order valence-corrected chi connectivity index (χ4v) is 1.31. The van der Waals surface area contributed by atoms with Crippen LogP contribution < -0.4 is 10.5 Å². The topological polar surface area (TPSA) is 57.4 Å². The van der Waals surface area contributed by atoms with E-state index in [1.807, 2.05) is 19.1 Å². The van der Waals surface area contributed by atoms with Gasteiger partial charge in [-0.3, -0.25) is 0 Å². The summed E-state index contributed by atoms with van der Waals surface area (Å²) in [5.74, 6) is 0.609. The van der Waals surface area contributed by atoms with Gasteiger partial charge in [-0.1, -0.05) is 13.0 Å². The van der Waals surface area contributed by atoms with E-state index >= 15 is 0 Å². The van der Waals surface area contributed by atoms with Gasteiger partial charge in [0.1, 0.15) is 6.61 Å². The molecule has 1 aromatic heterocycles. The van der Waals surface area contributed by atoms with Gasteiger partial charge < -0.3 is 15.2 Å². The van der Waals surface area contributed by atoms with Crippen LogP contribution in [0.5, 0.6) is 5.88 Å². The van der Waals surface area contributed by atoms with E-state index in [1.165, 1.54) is 0 Å². The largest absolute Gasteiger partial charge is 0.475 e. The summed E-state index contributed by atoms with van der Waals surface area (Å²) >= 11 is 0. The zero-order valence-corrected chi connectivity index (χ0v) is 9.98. The molecule has 1 aromatic rings. The summed E-state index contributed by atoms with van der Waals surface area (Å²) in [6, 6.07) is 3.72. The lowest BCUT2D eigenvalue weighted by atomic mass is 10.1. The highest BCUT2D eigenvalue weighted by Gasteiger charge is 2.08. The van der Waals surface area contributed by atoms with Crippen molar-refractivity contribution in [1.29, 1.82) is 0 Å². The second-order valence-electron chi connectivity index (χ2n) is 3.65. The molecule has 2 N–H and O–H groups in total. The number of rotatable bonds is 7. The van der Waals surface area contributed by atoms with Crippen molar-refractivity contribution in [3.8, 4) is 5.88 Å². The SMILES string of the molecule is CCCOCCOc1ncccc1[C@@H](C)N. The lowest BCUT2D eigenvalue weighted by molar-refractivity contribution is 0.0985. The van der Waals surface area contributed by atoms with Crippen LogP contribution in [0.25, 0.3) is 0 Å². The molecule has 4 nitrogen and oxygen atoms in total. The number of aromatic nitrogens is 1. The molecule has 1 rings (SSSR count). The van der Waals surface area contributed by atoms with Gasteiger partial charge in [0, 0.05) is 24.4 Å². The van der Waals surface area contributed by atoms with Crippen molar-refractivity contribution in [2.75, 3.05) is 19.8 Å². The smallest absolute Gasteiger partial charge is 0.218 e. The predicted molar refractivity (Wildman–Crippen MR) is 63.4 cm³/mol. The Bertz CT molecular complexity index is 303. The van der Waals surface area contributed by atoms with Crippen molar-refractivity contribution < 1.29 is 9.47 Å². The van der Waals surface area contributed by atoms with Gasteiger partial charge in [-0.15, -0.1) is 0 Å². The maximum absolute atomic E-state index is 5.82. The van der Waals surface area contributed by atoms with E-state index in [-0.39, 0.29) is 6.04 Å². The summed E-state index contributed by atoms with van der Waals surface area (Å²) in [7, 11) is 0. The molecule has 0 aromatic carbocycles. The molecule has 0 spiro atoms. The second kappa shape index (κ2) is 7.19. The molecule has 1 heterocycles. The number of hydrogen-bond acceptors (Lipinski definition) is 4. The minimum absolute atomic E-state index is 0.0692. The third-order valence-corrected chi connectivity index (χ3v) is 2.11. The molecule has 4 heteroatoms. The summed E-state index contributed by atoms with van der Waals surface area (Å²) in [6.45, 7) is 5.86. The third-order valence-electron chi connectivity index (χ3n) is 2.11. The Labute approximate surface area is 96.8 Å². The molecule has 0 unspecified atom stereocenters. The van der Waals surface area contributed by atoms with E-state index in [0.717, 1.165) is 18.6 Å². The maximum Gasteiger partial charge on any atom is 0.218 e. The van der Waals surface area contributed by atoms with Crippen LogP contribution in [-0.4, -0.2) is 24.8 Å². The number of nitrogens with two attached hydrogens (primary N) is 1. The Hall–Kier alpha value is -1.13. The van der Waals surface area contributed by atoms with Gasteiger partial charge in [0.05, 0.1) is 6.61 Å². The molecular weight excluding hydrogens is 204 g/mol. The molecule has 0 fully saturated rings. The summed E-state index contributed by atoms with van der Waals surface area (Å²) in [5.41, 5.74) is 6.74. The predicted octanol–water partition coefficient (Wildman–Crippen LogP) is 1.91. The van der Waals surface area contributed by atoms with E-state index in [9.17, 15) is 0 Å². The molecule has 0 bridgehead atoms. The molecule has 1 atom stereocenters. The van der Waals surface area contributed by atoms with Crippen molar-refractivity contribution >= 4 is 0 Å². The lowest BCUT2D eigenvalue weighted by Gasteiger charge is -2.12. The van der Waals surface area contributed by atoms with Gasteiger partial charge in [0.2, 0.25) is 5.88 Å². The van der Waals surface area contributed by atoms with Crippen LogP contribution in [0.2, 0.25) is 0 Å². The first-order chi connectivity index (χ1) is 7.75. The Balaban J connectivity index is 2.41. The fourth-order valence-electron chi connectivity index (χ4n) is 1.31. The van der Waals surface area contributed by atoms with Gasteiger partial charge in [-0.2, -0.15) is 0 Å². The summed E-state index contributed by atoms with van der Waals surface area (Å²) in [6.07, 6.45) is 2.72. The van der Waals surface area contributed by atoms with Crippen LogP contribution in [0.1, 0.15) is 31.9 Å². The average molecular weight is 224 g/mol. The molecule has 0 aliphatic heterocycles. The molecule has 0 amide bonds. The van der Waals surface area contributed by atoms with Gasteiger partial charge in [0.15, 0.2) is 0 Å². The minimum Gasteiger partial charge on any atom is -0.475 e. The van der Waals surface area contributed by atoms with Gasteiger partial charge in [0.25, 0.3) is 0 Å². The Morgan fingerprint density at radius 1 is 1.38 bits per heavy atom. The highest BCUT2D eigenvalue weighted by Crippen LogP contribution is 2.19. The van der Waals surface area contributed by atoms with Crippen LogP contribution in [0, 0.1) is 0 Å². The van der Waals surface area contributed by atoms with Crippen LogP contribution in [-0.2, 0) is 4.74 Å². The quantitative estimate of drug-likeness (QED) is 0.719. The first kappa shape index (κ1) is 12.9. The fraction of sp³-hybridized carbons (Fsp3) is 0.583. The normalized spacial score (nSPS) is 12.4. The highest BCUT2D eigenvalue weighted by atomic mass is 16.5. The average Bonchev–Trinajstić information content (AvgIpc) is 2.29. The van der Waals surface area contributed by atoms with Crippen molar-refractivity contribution in [2.24, 2.45) is 5.73 Å². The zero-order chi connectivity index (χ0) is 11.8. The van der Waals surface area contributed by atoms with E-state index in [2.05, 4.69) is 11.9 Å². The van der Waals surface area contributed by atoms with Crippen LogP contribution in [0.15, 0.2) is 18.3 Å². The molecule has 90 valence electrons. The van der Waals surface area contributed by atoms with Crippen molar-refractivity contribution in [1.82, 2.24) is 4.98 Å². The number of ether oxygens (including phenoxy) is 2. The van der Waals surface area contributed by atoms with E-state index in [1.54, 1.807) is 6.20 Å². The number of pyridine rings is 1. The Kier molecular flexibility index (Phi) is 5.82. The van der Waals surface area contributed by atoms with Crippen molar-refractivity contribution in [3.63, 3.8) is 0 Å². The Morgan fingerprint density at radius 3 is 2.88 bits per heavy atom. The molecule has 16 heavy (non-hydrogen) atoms. The van der Waals surface area contributed by atoms with E-state index < -0.39 is 0 Å². The van der Waals surface area contributed by atoms with Gasteiger partial charge in [-0.05, 0) is 19.4 Å². The summed E-state index contributed by atoms with van der Waals surface area (Å²) in [4.78, 5) is 4.16. The number of hydrogen-bond donors (Lipinski definition) is 1. The molecule has 0 saturated carbocycles.